The van der Waals surface area contributed by atoms with Crippen molar-refractivity contribution in [2.75, 3.05) is 6.54 Å². The summed E-state index contributed by atoms with van der Waals surface area (Å²) in [6.45, 7) is 9.81. The number of carbonyl (C=O) groups is 3. The monoisotopic (exact) mass is 442 g/mol. The predicted octanol–water partition coefficient (Wildman–Crippen LogP) is 3.84. The summed E-state index contributed by atoms with van der Waals surface area (Å²) in [6.07, 6.45) is 1.51. The molecule has 2 amide bonds. The Morgan fingerprint density at radius 3 is 2.27 bits per heavy atom. The lowest BCUT2D eigenvalue weighted by Gasteiger charge is -2.26. The van der Waals surface area contributed by atoms with Crippen LogP contribution in [0.4, 0.5) is 9.18 Å². The summed E-state index contributed by atoms with van der Waals surface area (Å²) in [5, 5.41) is 4.79. The highest BCUT2D eigenvalue weighted by molar-refractivity contribution is 6.30. The van der Waals surface area contributed by atoms with Crippen molar-refractivity contribution < 1.29 is 28.2 Å². The summed E-state index contributed by atoms with van der Waals surface area (Å²) in [5.41, 5.74) is -1.43. The van der Waals surface area contributed by atoms with Crippen LogP contribution in [-0.2, 0) is 19.1 Å². The standard InChI is InChI=1S/C21H28ClFN2O5/c1-20(2,3)29-18(27)15(25-19(28)30-21(4,5)6)12-24-16(26)11-10-13-8-7-9-14(22)17(13)23/h7-11,15H,12H2,1-6H3,(H,24,26)(H,25,28)/b11-10+. The van der Waals surface area contributed by atoms with Gasteiger partial charge in [-0.2, -0.15) is 0 Å². The van der Waals surface area contributed by atoms with Crippen LogP contribution in [0.3, 0.4) is 0 Å². The van der Waals surface area contributed by atoms with Gasteiger partial charge in [0.2, 0.25) is 5.91 Å². The number of alkyl carbamates (subject to hydrolysis) is 1. The molecule has 0 saturated heterocycles. The van der Waals surface area contributed by atoms with E-state index in [1.807, 2.05) is 0 Å². The Kier molecular flexibility index (Phi) is 8.84. The van der Waals surface area contributed by atoms with Gasteiger partial charge >= 0.3 is 12.1 Å². The van der Waals surface area contributed by atoms with Crippen molar-refractivity contribution in [3.05, 3.63) is 40.7 Å². The number of amides is 2. The minimum atomic E-state index is -1.18. The first-order chi connectivity index (χ1) is 13.7. The maximum atomic E-state index is 13.9. The van der Waals surface area contributed by atoms with E-state index in [9.17, 15) is 18.8 Å². The predicted molar refractivity (Wildman–Crippen MR) is 112 cm³/mol. The Balaban J connectivity index is 2.81. The zero-order valence-electron chi connectivity index (χ0n) is 18.0. The number of rotatable bonds is 6. The topological polar surface area (TPSA) is 93.7 Å². The molecule has 7 nitrogen and oxygen atoms in total. The van der Waals surface area contributed by atoms with Gasteiger partial charge in [-0.05, 0) is 53.7 Å². The number of esters is 1. The molecule has 0 aliphatic rings. The van der Waals surface area contributed by atoms with Crippen LogP contribution in [0, 0.1) is 5.82 Å². The van der Waals surface area contributed by atoms with Gasteiger partial charge in [0.25, 0.3) is 0 Å². The molecule has 1 unspecified atom stereocenters. The number of benzene rings is 1. The Labute approximate surface area is 180 Å². The first kappa shape index (κ1) is 25.4. The molecule has 2 N–H and O–H groups in total. The van der Waals surface area contributed by atoms with E-state index in [2.05, 4.69) is 10.6 Å². The summed E-state index contributed by atoms with van der Waals surface area (Å²) in [4.78, 5) is 36.5. The van der Waals surface area contributed by atoms with Crippen molar-refractivity contribution in [1.82, 2.24) is 10.6 Å². The molecule has 0 aliphatic carbocycles. The summed E-state index contributed by atoms with van der Waals surface area (Å²) in [6, 6.07) is 3.21. The molecule has 0 fully saturated rings. The van der Waals surface area contributed by atoms with Crippen molar-refractivity contribution in [1.29, 1.82) is 0 Å². The first-order valence-corrected chi connectivity index (χ1v) is 9.68. The number of hydrogen-bond donors (Lipinski definition) is 2. The quantitative estimate of drug-likeness (QED) is 0.515. The van der Waals surface area contributed by atoms with Gasteiger partial charge in [-0.15, -0.1) is 0 Å². The van der Waals surface area contributed by atoms with Crippen molar-refractivity contribution in [2.45, 2.75) is 58.8 Å². The lowest BCUT2D eigenvalue weighted by atomic mass is 10.2. The lowest BCUT2D eigenvalue weighted by Crippen LogP contribution is -2.51. The maximum absolute atomic E-state index is 13.9. The molecule has 30 heavy (non-hydrogen) atoms. The SMILES string of the molecule is CC(C)(C)OC(=O)NC(CNC(=O)/C=C/c1cccc(Cl)c1F)C(=O)OC(C)(C)C. The molecule has 1 aromatic carbocycles. The molecule has 0 heterocycles. The highest BCUT2D eigenvalue weighted by Gasteiger charge is 2.28. The Morgan fingerprint density at radius 1 is 1.10 bits per heavy atom. The zero-order chi connectivity index (χ0) is 23.1. The van der Waals surface area contributed by atoms with Crippen molar-refractivity contribution in [2.24, 2.45) is 0 Å². The molecule has 0 radical (unpaired) electrons. The maximum Gasteiger partial charge on any atom is 0.408 e. The molecule has 1 rings (SSSR count). The molecule has 166 valence electrons. The molecule has 0 aliphatic heterocycles. The van der Waals surface area contributed by atoms with Gasteiger partial charge in [-0.3, -0.25) is 4.79 Å². The van der Waals surface area contributed by atoms with E-state index in [4.69, 9.17) is 21.1 Å². The Hall–Kier alpha value is -2.61. The van der Waals surface area contributed by atoms with Gasteiger partial charge in [0.05, 0.1) is 5.02 Å². The van der Waals surface area contributed by atoms with E-state index in [1.165, 1.54) is 18.2 Å². The van der Waals surface area contributed by atoms with Crippen molar-refractivity contribution in [3.63, 3.8) is 0 Å². The third-order valence-corrected chi connectivity index (χ3v) is 3.55. The second-order valence-corrected chi connectivity index (χ2v) is 8.86. The average Bonchev–Trinajstić information content (AvgIpc) is 2.56. The molecule has 0 bridgehead atoms. The normalized spacial score (nSPS) is 12.9. The summed E-state index contributed by atoms with van der Waals surface area (Å²) in [7, 11) is 0. The van der Waals surface area contributed by atoms with Crippen molar-refractivity contribution >= 4 is 35.6 Å². The molecule has 0 spiro atoms. The van der Waals surface area contributed by atoms with Crippen LogP contribution < -0.4 is 10.6 Å². The van der Waals surface area contributed by atoms with Crippen LogP contribution in [0.5, 0.6) is 0 Å². The van der Waals surface area contributed by atoms with Gasteiger partial charge in [-0.25, -0.2) is 14.0 Å². The Morgan fingerprint density at radius 2 is 1.70 bits per heavy atom. The minimum absolute atomic E-state index is 0.0656. The molecule has 9 heteroatoms. The lowest BCUT2D eigenvalue weighted by molar-refractivity contribution is -0.157. The second-order valence-electron chi connectivity index (χ2n) is 8.45. The van der Waals surface area contributed by atoms with Gasteiger partial charge in [0, 0.05) is 18.2 Å². The fourth-order valence-corrected chi connectivity index (χ4v) is 2.27. The first-order valence-electron chi connectivity index (χ1n) is 9.30. The average molecular weight is 443 g/mol. The van der Waals surface area contributed by atoms with Gasteiger partial charge in [-0.1, -0.05) is 23.7 Å². The van der Waals surface area contributed by atoms with E-state index < -0.39 is 41.0 Å². The minimum Gasteiger partial charge on any atom is -0.458 e. The van der Waals surface area contributed by atoms with Gasteiger partial charge < -0.3 is 20.1 Å². The number of ether oxygens (including phenoxy) is 2. The number of halogens is 2. The fourth-order valence-electron chi connectivity index (χ4n) is 2.09. The molecule has 0 saturated carbocycles. The third-order valence-electron chi connectivity index (χ3n) is 3.26. The molecular weight excluding hydrogens is 415 g/mol. The molecular formula is C21H28ClFN2O5. The van der Waals surface area contributed by atoms with Gasteiger partial charge in [0.1, 0.15) is 23.1 Å². The fraction of sp³-hybridized carbons (Fsp3) is 0.476. The van der Waals surface area contributed by atoms with Crippen LogP contribution >= 0.6 is 11.6 Å². The van der Waals surface area contributed by atoms with E-state index >= 15 is 0 Å². The smallest absolute Gasteiger partial charge is 0.408 e. The molecule has 1 aromatic rings. The zero-order valence-corrected chi connectivity index (χ0v) is 18.7. The van der Waals surface area contributed by atoms with Crippen LogP contribution in [0.25, 0.3) is 6.08 Å². The largest absolute Gasteiger partial charge is 0.458 e. The number of nitrogens with one attached hydrogen (secondary N) is 2. The van der Waals surface area contributed by atoms with Crippen LogP contribution in [0.2, 0.25) is 5.02 Å². The van der Waals surface area contributed by atoms with Crippen LogP contribution in [0.1, 0.15) is 47.1 Å². The van der Waals surface area contributed by atoms with Crippen LogP contribution in [-0.4, -0.2) is 41.8 Å². The van der Waals surface area contributed by atoms with Gasteiger partial charge in [0.15, 0.2) is 0 Å². The highest BCUT2D eigenvalue weighted by Crippen LogP contribution is 2.18. The van der Waals surface area contributed by atoms with E-state index in [0.29, 0.717) is 0 Å². The molecule has 0 aromatic heterocycles. The highest BCUT2D eigenvalue weighted by atomic mass is 35.5. The summed E-state index contributed by atoms with van der Waals surface area (Å²) in [5.74, 6) is -1.99. The summed E-state index contributed by atoms with van der Waals surface area (Å²) < 4.78 is 24.3. The van der Waals surface area contributed by atoms with E-state index in [0.717, 1.165) is 6.08 Å². The Bertz CT molecular complexity index is 813. The van der Waals surface area contributed by atoms with E-state index in [-0.39, 0.29) is 17.1 Å². The number of carbonyl (C=O) groups excluding carboxylic acids is 3. The molecule has 1 atom stereocenters. The van der Waals surface area contributed by atoms with E-state index in [1.54, 1.807) is 47.6 Å². The van der Waals surface area contributed by atoms with Crippen LogP contribution in [0.15, 0.2) is 24.3 Å². The number of hydrogen-bond acceptors (Lipinski definition) is 5. The summed E-state index contributed by atoms with van der Waals surface area (Å²) >= 11 is 5.70. The third kappa shape index (κ3) is 9.73. The second kappa shape index (κ2) is 10.4. The van der Waals surface area contributed by atoms with Crippen molar-refractivity contribution in [3.8, 4) is 0 Å².